The monoisotopic (exact) mass is 243 g/mol. The Labute approximate surface area is 107 Å². The molecule has 3 heteroatoms. The Bertz CT molecular complexity index is 496. The highest BCUT2D eigenvalue weighted by molar-refractivity contribution is 5.91. The topological polar surface area (TPSA) is 29.5 Å². The molecule has 18 heavy (non-hydrogen) atoms. The van der Waals surface area contributed by atoms with Gasteiger partial charge < -0.3 is 4.74 Å². The molecule has 3 atom stereocenters. The third-order valence-electron chi connectivity index (χ3n) is 3.97. The number of fused-ring (bicyclic) bond motifs is 1. The zero-order valence-corrected chi connectivity index (χ0v) is 10.7. The lowest BCUT2D eigenvalue weighted by molar-refractivity contribution is -0.116. The highest BCUT2D eigenvalue weighted by atomic mass is 16.5. The van der Waals surface area contributed by atoms with Crippen LogP contribution in [-0.4, -0.2) is 29.4 Å². The van der Waals surface area contributed by atoms with Crippen LogP contribution in [0.2, 0.25) is 0 Å². The molecule has 2 aliphatic rings. The fourth-order valence-electron chi connectivity index (χ4n) is 2.90. The second-order valence-corrected chi connectivity index (χ2v) is 5.25. The summed E-state index contributed by atoms with van der Waals surface area (Å²) in [6.07, 6.45) is 4.02. The van der Waals surface area contributed by atoms with Gasteiger partial charge in [-0.1, -0.05) is 30.3 Å². The number of likely N-dealkylation sites (N-methyl/N-ethyl adjacent to an activating group) is 1. The number of hydrogen-bond acceptors (Lipinski definition) is 3. The van der Waals surface area contributed by atoms with Crippen LogP contribution >= 0.6 is 0 Å². The van der Waals surface area contributed by atoms with E-state index in [0.29, 0.717) is 6.42 Å². The van der Waals surface area contributed by atoms with Crippen molar-refractivity contribution in [3.63, 3.8) is 0 Å². The average molecular weight is 243 g/mol. The molecule has 1 aliphatic carbocycles. The number of allylic oxidation sites excluding steroid dienone is 1. The highest BCUT2D eigenvalue weighted by Crippen LogP contribution is 2.43. The molecule has 1 heterocycles. The first-order valence-electron chi connectivity index (χ1n) is 6.27. The summed E-state index contributed by atoms with van der Waals surface area (Å²) in [4.78, 5) is 13.7. The maximum absolute atomic E-state index is 11.6. The van der Waals surface area contributed by atoms with Gasteiger partial charge in [0.2, 0.25) is 0 Å². The smallest absolute Gasteiger partial charge is 0.157 e. The molecular weight excluding hydrogens is 226 g/mol. The Hall–Kier alpha value is -1.45. The summed E-state index contributed by atoms with van der Waals surface area (Å²) in [5.41, 5.74) is 0.778. The zero-order chi connectivity index (χ0) is 12.8. The lowest BCUT2D eigenvalue weighted by Gasteiger charge is -2.31. The maximum Gasteiger partial charge on any atom is 0.157 e. The van der Waals surface area contributed by atoms with E-state index in [0.717, 1.165) is 5.56 Å². The summed E-state index contributed by atoms with van der Waals surface area (Å²) in [5, 5.41) is 0. The number of ether oxygens (including phenoxy) is 1. The van der Waals surface area contributed by atoms with Crippen LogP contribution < -0.4 is 0 Å². The van der Waals surface area contributed by atoms with E-state index in [1.165, 1.54) is 0 Å². The van der Waals surface area contributed by atoms with Crippen molar-refractivity contribution in [3.05, 3.63) is 48.0 Å². The van der Waals surface area contributed by atoms with Crippen LogP contribution in [0.5, 0.6) is 0 Å². The van der Waals surface area contributed by atoms with Gasteiger partial charge in [0.05, 0.1) is 6.04 Å². The number of benzene rings is 1. The lowest BCUT2D eigenvalue weighted by Crippen LogP contribution is -2.44. The molecule has 1 aromatic rings. The number of carbonyl (C=O) groups excluding carboxylic acids is 1. The molecule has 0 saturated carbocycles. The first-order chi connectivity index (χ1) is 8.60. The number of rotatable bonds is 1. The third kappa shape index (κ3) is 1.71. The molecule has 0 aromatic heterocycles. The van der Waals surface area contributed by atoms with Crippen LogP contribution in [0.3, 0.4) is 0 Å². The molecule has 3 nitrogen and oxygen atoms in total. The SMILES string of the molecule is CN1[C@@H](c2ccccc2)O[C@]2(C)C=CC(=O)C[C@H]12. The number of ketones is 1. The maximum atomic E-state index is 11.6. The molecule has 0 N–H and O–H groups in total. The number of carbonyl (C=O) groups is 1. The van der Waals surface area contributed by atoms with Gasteiger partial charge in [-0.2, -0.15) is 0 Å². The molecule has 1 aromatic carbocycles. The van der Waals surface area contributed by atoms with Crippen LogP contribution in [0.25, 0.3) is 0 Å². The Kier molecular flexibility index (Phi) is 2.61. The average Bonchev–Trinajstić information content (AvgIpc) is 2.64. The summed E-state index contributed by atoms with van der Waals surface area (Å²) in [5.74, 6) is 0.182. The van der Waals surface area contributed by atoms with E-state index in [-0.39, 0.29) is 23.7 Å². The molecule has 0 amide bonds. The number of hydrogen-bond donors (Lipinski definition) is 0. The normalized spacial score (nSPS) is 35.8. The van der Waals surface area contributed by atoms with Crippen molar-refractivity contribution in [1.82, 2.24) is 4.90 Å². The molecule has 0 radical (unpaired) electrons. The van der Waals surface area contributed by atoms with Gasteiger partial charge in [0.15, 0.2) is 5.78 Å². The van der Waals surface area contributed by atoms with Crippen molar-refractivity contribution in [2.45, 2.75) is 31.2 Å². The molecule has 0 bridgehead atoms. The quantitative estimate of drug-likeness (QED) is 0.758. The van der Waals surface area contributed by atoms with Crippen LogP contribution in [0.15, 0.2) is 42.5 Å². The molecule has 3 rings (SSSR count). The minimum atomic E-state index is -0.358. The Morgan fingerprint density at radius 1 is 1.33 bits per heavy atom. The van der Waals surface area contributed by atoms with Gasteiger partial charge in [0.25, 0.3) is 0 Å². The van der Waals surface area contributed by atoms with E-state index in [1.807, 2.05) is 31.3 Å². The summed E-state index contributed by atoms with van der Waals surface area (Å²) < 4.78 is 6.19. The van der Waals surface area contributed by atoms with Gasteiger partial charge in [-0.15, -0.1) is 0 Å². The van der Waals surface area contributed by atoms with E-state index in [2.05, 4.69) is 24.0 Å². The largest absolute Gasteiger partial charge is 0.347 e. The van der Waals surface area contributed by atoms with E-state index >= 15 is 0 Å². The number of nitrogens with zero attached hydrogens (tertiary/aromatic N) is 1. The van der Waals surface area contributed by atoms with Gasteiger partial charge in [0.1, 0.15) is 11.8 Å². The van der Waals surface area contributed by atoms with Crippen molar-refractivity contribution >= 4 is 5.78 Å². The van der Waals surface area contributed by atoms with Crippen LogP contribution in [0.4, 0.5) is 0 Å². The van der Waals surface area contributed by atoms with Crippen molar-refractivity contribution in [2.75, 3.05) is 7.05 Å². The lowest BCUT2D eigenvalue weighted by atomic mass is 9.87. The molecule has 1 saturated heterocycles. The van der Waals surface area contributed by atoms with Crippen molar-refractivity contribution in [1.29, 1.82) is 0 Å². The summed E-state index contributed by atoms with van der Waals surface area (Å²) >= 11 is 0. The molecule has 1 aliphatic heterocycles. The van der Waals surface area contributed by atoms with Crippen molar-refractivity contribution < 1.29 is 9.53 Å². The van der Waals surface area contributed by atoms with E-state index in [1.54, 1.807) is 6.08 Å². The standard InChI is InChI=1S/C15H17NO2/c1-15-9-8-12(17)10-13(15)16(2)14(18-15)11-6-4-3-5-7-11/h3-9,13-14H,10H2,1-2H3/t13-,14+,15+/m0/s1. The first kappa shape index (κ1) is 11.6. The van der Waals surface area contributed by atoms with Gasteiger partial charge >= 0.3 is 0 Å². The fraction of sp³-hybridized carbons (Fsp3) is 0.400. The van der Waals surface area contributed by atoms with Crippen molar-refractivity contribution in [2.24, 2.45) is 0 Å². The first-order valence-corrected chi connectivity index (χ1v) is 6.27. The molecule has 1 fully saturated rings. The summed E-state index contributed by atoms with van der Waals surface area (Å²) in [6, 6.07) is 10.3. The molecule has 0 spiro atoms. The Morgan fingerprint density at radius 2 is 2.06 bits per heavy atom. The predicted molar refractivity (Wildman–Crippen MR) is 69.0 cm³/mol. The minimum Gasteiger partial charge on any atom is -0.347 e. The highest BCUT2D eigenvalue weighted by Gasteiger charge is 2.49. The van der Waals surface area contributed by atoms with Gasteiger partial charge in [-0.05, 0) is 31.7 Å². The Morgan fingerprint density at radius 3 is 2.78 bits per heavy atom. The van der Waals surface area contributed by atoms with Gasteiger partial charge in [0, 0.05) is 6.42 Å². The Balaban J connectivity index is 1.94. The second-order valence-electron chi connectivity index (χ2n) is 5.25. The van der Waals surface area contributed by atoms with Crippen LogP contribution in [0, 0.1) is 0 Å². The molecule has 0 unspecified atom stereocenters. The van der Waals surface area contributed by atoms with E-state index in [9.17, 15) is 4.79 Å². The van der Waals surface area contributed by atoms with Crippen LogP contribution in [-0.2, 0) is 9.53 Å². The zero-order valence-electron chi connectivity index (χ0n) is 10.7. The van der Waals surface area contributed by atoms with Gasteiger partial charge in [-0.3, -0.25) is 9.69 Å². The third-order valence-corrected chi connectivity index (χ3v) is 3.97. The summed E-state index contributed by atoms with van der Waals surface area (Å²) in [6.45, 7) is 2.06. The molecular formula is C15H17NO2. The van der Waals surface area contributed by atoms with Crippen LogP contribution in [0.1, 0.15) is 25.1 Å². The fourth-order valence-corrected chi connectivity index (χ4v) is 2.90. The molecule has 94 valence electrons. The summed E-state index contributed by atoms with van der Waals surface area (Å²) in [7, 11) is 2.03. The van der Waals surface area contributed by atoms with Gasteiger partial charge in [-0.25, -0.2) is 0 Å². The van der Waals surface area contributed by atoms with E-state index < -0.39 is 0 Å². The second kappa shape index (κ2) is 4.04. The van der Waals surface area contributed by atoms with E-state index in [4.69, 9.17) is 4.74 Å². The minimum absolute atomic E-state index is 0.0725. The van der Waals surface area contributed by atoms with Crippen molar-refractivity contribution in [3.8, 4) is 0 Å². The predicted octanol–water partition coefficient (Wildman–Crippen LogP) is 2.30.